The zero-order valence-electron chi connectivity index (χ0n) is 18.3. The first-order chi connectivity index (χ1) is 15.8. The third-order valence-electron chi connectivity index (χ3n) is 5.67. The molecule has 3 heterocycles. The van der Waals surface area contributed by atoms with Gasteiger partial charge in [-0.15, -0.1) is 0 Å². The number of primary amides is 1. The number of hydrogen-bond acceptors (Lipinski definition) is 5. The summed E-state index contributed by atoms with van der Waals surface area (Å²) in [7, 11) is 0. The topological polar surface area (TPSA) is 120 Å². The molecule has 10 heteroatoms. The zero-order valence-corrected chi connectivity index (χ0v) is 19.1. The predicted molar refractivity (Wildman–Crippen MR) is 124 cm³/mol. The number of nitrogens with two attached hydrogens (primary N) is 1. The average molecular weight is 466 g/mol. The third-order valence-corrected chi connectivity index (χ3v) is 5.92. The molecule has 0 aliphatic heterocycles. The maximum atomic E-state index is 12.7. The molecule has 0 spiro atoms. The third kappa shape index (κ3) is 4.73. The van der Waals surface area contributed by atoms with Gasteiger partial charge in [0.15, 0.2) is 5.65 Å². The molecule has 0 aliphatic rings. The lowest BCUT2D eigenvalue weighted by Gasteiger charge is -2.19. The number of amides is 2. The van der Waals surface area contributed by atoms with Crippen LogP contribution in [0.1, 0.15) is 45.3 Å². The molecule has 1 unspecified atom stereocenters. The lowest BCUT2D eigenvalue weighted by Crippen LogP contribution is -2.31. The van der Waals surface area contributed by atoms with Crippen molar-refractivity contribution in [2.45, 2.75) is 32.7 Å². The number of aromatic nitrogens is 5. The summed E-state index contributed by atoms with van der Waals surface area (Å²) in [5.74, 6) is -0.658. The average Bonchev–Trinajstić information content (AvgIpc) is 3.45. The minimum absolute atomic E-state index is 0.0849. The maximum Gasteiger partial charge on any atom is 0.254 e. The standard InChI is InChI=1S/C23H24ClN7O2/c1-14-18(15(2)31-23(29-14)19(12-28-31)22(25)33)8-9-21(32)26-13-20(30-11-3-10-27-30)16-4-6-17(24)7-5-16/h3-7,10-12,20H,8-9,13H2,1-2H3,(H2,25,33)(H,26,32). The molecule has 9 nitrogen and oxygen atoms in total. The molecule has 0 radical (unpaired) electrons. The molecule has 1 aromatic carbocycles. The van der Waals surface area contributed by atoms with E-state index in [9.17, 15) is 9.59 Å². The summed E-state index contributed by atoms with van der Waals surface area (Å²) >= 11 is 6.02. The molecule has 3 aromatic heterocycles. The zero-order chi connectivity index (χ0) is 23.5. The van der Waals surface area contributed by atoms with Crippen molar-refractivity contribution in [2.24, 2.45) is 5.73 Å². The van der Waals surface area contributed by atoms with Crippen molar-refractivity contribution in [2.75, 3.05) is 6.54 Å². The number of carbonyl (C=O) groups excluding carboxylic acids is 2. The van der Waals surface area contributed by atoms with Gasteiger partial charge < -0.3 is 11.1 Å². The second kappa shape index (κ2) is 9.41. The van der Waals surface area contributed by atoms with Crippen molar-refractivity contribution in [1.29, 1.82) is 0 Å². The van der Waals surface area contributed by atoms with E-state index < -0.39 is 5.91 Å². The first-order valence-electron chi connectivity index (χ1n) is 10.5. The Morgan fingerprint density at radius 2 is 1.94 bits per heavy atom. The molecule has 170 valence electrons. The highest BCUT2D eigenvalue weighted by molar-refractivity contribution is 6.30. The van der Waals surface area contributed by atoms with E-state index in [1.54, 1.807) is 10.7 Å². The van der Waals surface area contributed by atoms with Crippen molar-refractivity contribution < 1.29 is 9.59 Å². The van der Waals surface area contributed by atoms with Crippen molar-refractivity contribution in [3.05, 3.63) is 82.0 Å². The van der Waals surface area contributed by atoms with E-state index in [4.69, 9.17) is 17.3 Å². The molecule has 0 fully saturated rings. The molecular formula is C23H24ClN7O2. The minimum atomic E-state index is -0.573. The Balaban J connectivity index is 1.45. The summed E-state index contributed by atoms with van der Waals surface area (Å²) < 4.78 is 3.40. The minimum Gasteiger partial charge on any atom is -0.365 e. The van der Waals surface area contributed by atoms with Crippen LogP contribution in [0.5, 0.6) is 0 Å². The number of benzene rings is 1. The largest absolute Gasteiger partial charge is 0.365 e. The summed E-state index contributed by atoms with van der Waals surface area (Å²) in [4.78, 5) is 28.8. The molecule has 33 heavy (non-hydrogen) atoms. The molecule has 0 saturated heterocycles. The fourth-order valence-corrected chi connectivity index (χ4v) is 4.02. The molecule has 0 bridgehead atoms. The van der Waals surface area contributed by atoms with Crippen LogP contribution >= 0.6 is 11.6 Å². The fraction of sp³-hybridized carbons (Fsp3) is 0.261. The lowest BCUT2D eigenvalue weighted by molar-refractivity contribution is -0.121. The highest BCUT2D eigenvalue weighted by Gasteiger charge is 2.18. The number of halogens is 1. The summed E-state index contributed by atoms with van der Waals surface area (Å²) in [6.45, 7) is 4.13. The van der Waals surface area contributed by atoms with Crippen LogP contribution in [0.15, 0.2) is 48.9 Å². The predicted octanol–water partition coefficient (Wildman–Crippen LogP) is 2.63. The van der Waals surface area contributed by atoms with Gasteiger partial charge in [-0.05, 0) is 49.6 Å². The van der Waals surface area contributed by atoms with Gasteiger partial charge in [0.2, 0.25) is 5.91 Å². The number of aryl methyl sites for hydroxylation is 2. The van der Waals surface area contributed by atoms with Crippen molar-refractivity contribution in [1.82, 2.24) is 29.7 Å². The molecule has 0 aliphatic carbocycles. The van der Waals surface area contributed by atoms with Crippen LogP contribution in [0.4, 0.5) is 0 Å². The van der Waals surface area contributed by atoms with E-state index in [1.165, 1.54) is 6.20 Å². The highest BCUT2D eigenvalue weighted by Crippen LogP contribution is 2.21. The second-order valence-electron chi connectivity index (χ2n) is 7.78. The summed E-state index contributed by atoms with van der Waals surface area (Å²) in [6, 6.07) is 9.20. The maximum absolute atomic E-state index is 12.7. The first kappa shape index (κ1) is 22.5. The lowest BCUT2D eigenvalue weighted by atomic mass is 10.1. The van der Waals surface area contributed by atoms with Crippen LogP contribution in [0.3, 0.4) is 0 Å². The molecule has 4 rings (SSSR count). The van der Waals surface area contributed by atoms with E-state index in [0.29, 0.717) is 23.6 Å². The van der Waals surface area contributed by atoms with E-state index in [2.05, 4.69) is 20.5 Å². The summed E-state index contributed by atoms with van der Waals surface area (Å²) in [6.07, 6.45) is 5.76. The van der Waals surface area contributed by atoms with Crippen LogP contribution < -0.4 is 11.1 Å². The quantitative estimate of drug-likeness (QED) is 0.414. The Morgan fingerprint density at radius 1 is 1.18 bits per heavy atom. The Morgan fingerprint density at radius 3 is 2.61 bits per heavy atom. The van der Waals surface area contributed by atoms with Gasteiger partial charge in [-0.1, -0.05) is 23.7 Å². The smallest absolute Gasteiger partial charge is 0.254 e. The Bertz CT molecular complexity index is 1300. The van der Waals surface area contributed by atoms with Gasteiger partial charge in [0, 0.05) is 41.8 Å². The number of carbonyl (C=O) groups is 2. The Labute approximate surface area is 195 Å². The highest BCUT2D eigenvalue weighted by atomic mass is 35.5. The van der Waals surface area contributed by atoms with E-state index in [-0.39, 0.29) is 23.9 Å². The monoisotopic (exact) mass is 465 g/mol. The molecular weight excluding hydrogens is 442 g/mol. The van der Waals surface area contributed by atoms with Crippen LogP contribution in [0.2, 0.25) is 5.02 Å². The molecule has 2 amide bonds. The summed E-state index contributed by atoms with van der Waals surface area (Å²) in [5, 5.41) is 12.2. The van der Waals surface area contributed by atoms with Gasteiger partial charge in [-0.25, -0.2) is 9.50 Å². The van der Waals surface area contributed by atoms with Gasteiger partial charge in [0.05, 0.1) is 12.2 Å². The van der Waals surface area contributed by atoms with Crippen LogP contribution in [-0.4, -0.2) is 42.7 Å². The molecule has 4 aromatic rings. The van der Waals surface area contributed by atoms with Crippen LogP contribution in [0, 0.1) is 13.8 Å². The number of hydrogen-bond donors (Lipinski definition) is 2. The molecule has 3 N–H and O–H groups in total. The van der Waals surface area contributed by atoms with Crippen LogP contribution in [0.25, 0.3) is 5.65 Å². The van der Waals surface area contributed by atoms with Crippen molar-refractivity contribution in [3.8, 4) is 0 Å². The molecule has 0 saturated carbocycles. The van der Waals surface area contributed by atoms with Gasteiger partial charge >= 0.3 is 0 Å². The Kier molecular flexibility index (Phi) is 6.41. The SMILES string of the molecule is Cc1nc2c(C(N)=O)cnn2c(C)c1CCC(=O)NCC(c1ccc(Cl)cc1)n1cccn1. The fourth-order valence-electron chi connectivity index (χ4n) is 3.90. The van der Waals surface area contributed by atoms with Gasteiger partial charge in [-0.2, -0.15) is 10.2 Å². The second-order valence-corrected chi connectivity index (χ2v) is 8.21. The number of nitrogens with one attached hydrogen (secondary N) is 1. The van der Waals surface area contributed by atoms with Gasteiger partial charge in [-0.3, -0.25) is 14.3 Å². The van der Waals surface area contributed by atoms with Crippen LogP contribution in [-0.2, 0) is 11.2 Å². The molecule has 1 atom stereocenters. The number of rotatable bonds is 8. The van der Waals surface area contributed by atoms with E-state index >= 15 is 0 Å². The number of nitrogens with zero attached hydrogens (tertiary/aromatic N) is 5. The first-order valence-corrected chi connectivity index (χ1v) is 10.9. The van der Waals surface area contributed by atoms with Gasteiger partial charge in [0.25, 0.3) is 5.91 Å². The normalized spacial score (nSPS) is 12.1. The van der Waals surface area contributed by atoms with Crippen molar-refractivity contribution in [3.63, 3.8) is 0 Å². The van der Waals surface area contributed by atoms with Gasteiger partial charge in [0.1, 0.15) is 5.56 Å². The van der Waals surface area contributed by atoms with E-state index in [0.717, 1.165) is 22.5 Å². The Hall–Kier alpha value is -3.72. The van der Waals surface area contributed by atoms with E-state index in [1.807, 2.05) is 55.1 Å². The number of fused-ring (bicyclic) bond motifs is 1. The van der Waals surface area contributed by atoms with Crippen molar-refractivity contribution >= 4 is 29.1 Å². The summed E-state index contributed by atoms with van der Waals surface area (Å²) in [5.41, 5.74) is 9.59.